The van der Waals surface area contributed by atoms with E-state index in [9.17, 15) is 0 Å². The van der Waals surface area contributed by atoms with E-state index in [2.05, 4.69) is 11.8 Å². The molecular formula is C13H15NO. The topological polar surface area (TPSA) is 35.2 Å². The molecular weight excluding hydrogens is 186 g/mol. The molecule has 1 aromatic rings. The molecule has 0 heterocycles. The van der Waals surface area contributed by atoms with E-state index >= 15 is 0 Å². The van der Waals surface area contributed by atoms with Crippen LogP contribution in [0.25, 0.3) is 0 Å². The molecule has 0 atom stereocenters. The van der Waals surface area contributed by atoms with Gasteiger partial charge in [-0.05, 0) is 31.0 Å². The van der Waals surface area contributed by atoms with Crippen LogP contribution in [0.3, 0.4) is 0 Å². The third-order valence-corrected chi connectivity index (χ3v) is 2.22. The Morgan fingerprint density at radius 1 is 1.40 bits per heavy atom. The van der Waals surface area contributed by atoms with Gasteiger partial charge in [0, 0.05) is 18.0 Å². The van der Waals surface area contributed by atoms with Crippen LogP contribution in [0.4, 0.5) is 0 Å². The molecule has 0 saturated heterocycles. The van der Waals surface area contributed by atoms with Gasteiger partial charge in [-0.25, -0.2) is 0 Å². The van der Waals surface area contributed by atoms with Crippen molar-refractivity contribution in [3.05, 3.63) is 29.8 Å². The Bertz CT molecular complexity index is 385. The van der Waals surface area contributed by atoms with Crippen molar-refractivity contribution in [2.75, 3.05) is 13.2 Å². The maximum absolute atomic E-state index is 5.43. The summed E-state index contributed by atoms with van der Waals surface area (Å²) in [4.78, 5) is 0. The molecule has 0 bridgehead atoms. The lowest BCUT2D eigenvalue weighted by Crippen LogP contribution is -2.10. The number of benzene rings is 1. The van der Waals surface area contributed by atoms with Gasteiger partial charge >= 0.3 is 0 Å². The second kappa shape index (κ2) is 4.86. The zero-order valence-corrected chi connectivity index (χ0v) is 8.70. The fraction of sp³-hybridized carbons (Fsp3) is 0.385. The highest BCUT2D eigenvalue weighted by Gasteiger charge is 2.17. The van der Waals surface area contributed by atoms with Crippen LogP contribution in [0, 0.1) is 17.8 Å². The molecule has 0 radical (unpaired) electrons. The minimum absolute atomic E-state index is 0.540. The van der Waals surface area contributed by atoms with Gasteiger partial charge in [0.15, 0.2) is 0 Å². The number of hydrogen-bond acceptors (Lipinski definition) is 2. The number of rotatable bonds is 3. The van der Waals surface area contributed by atoms with E-state index in [0.29, 0.717) is 19.1 Å². The lowest BCUT2D eigenvalue weighted by atomic mass is 10.2. The van der Waals surface area contributed by atoms with Gasteiger partial charge in [0.25, 0.3) is 0 Å². The fourth-order valence-electron chi connectivity index (χ4n) is 1.25. The van der Waals surface area contributed by atoms with Gasteiger partial charge in [-0.3, -0.25) is 0 Å². The minimum atomic E-state index is 0.540. The van der Waals surface area contributed by atoms with Crippen LogP contribution in [0.2, 0.25) is 0 Å². The molecule has 0 amide bonds. The molecule has 2 nitrogen and oxygen atoms in total. The van der Waals surface area contributed by atoms with E-state index in [0.717, 1.165) is 11.3 Å². The van der Waals surface area contributed by atoms with Crippen molar-refractivity contribution in [1.29, 1.82) is 0 Å². The van der Waals surface area contributed by atoms with E-state index in [1.807, 2.05) is 24.3 Å². The van der Waals surface area contributed by atoms with Gasteiger partial charge in [-0.1, -0.05) is 17.9 Å². The van der Waals surface area contributed by atoms with Crippen LogP contribution in [0.5, 0.6) is 5.75 Å². The number of ether oxygens (including phenoxy) is 1. The standard InChI is InChI=1S/C13H15NO/c14-8-9-15-13-3-1-2-12(10-13)7-6-11-4-5-11/h1-3,10-11H,4-5,8-9,14H2. The van der Waals surface area contributed by atoms with E-state index in [1.165, 1.54) is 12.8 Å². The summed E-state index contributed by atoms with van der Waals surface area (Å²) in [7, 11) is 0. The predicted octanol–water partition coefficient (Wildman–Crippen LogP) is 1.79. The van der Waals surface area contributed by atoms with E-state index in [-0.39, 0.29) is 0 Å². The Kier molecular flexibility index (Phi) is 3.26. The monoisotopic (exact) mass is 201 g/mol. The molecule has 1 aromatic carbocycles. The third-order valence-electron chi connectivity index (χ3n) is 2.22. The second-order valence-electron chi connectivity index (χ2n) is 3.71. The van der Waals surface area contributed by atoms with E-state index < -0.39 is 0 Å². The average Bonchev–Trinajstić information content (AvgIpc) is 3.08. The summed E-state index contributed by atoms with van der Waals surface area (Å²) >= 11 is 0. The van der Waals surface area contributed by atoms with Gasteiger partial charge in [0.05, 0.1) is 0 Å². The molecule has 2 rings (SSSR count). The lowest BCUT2D eigenvalue weighted by Gasteiger charge is -2.03. The van der Waals surface area contributed by atoms with Crippen molar-refractivity contribution in [2.24, 2.45) is 11.7 Å². The Morgan fingerprint density at radius 3 is 3.00 bits per heavy atom. The first kappa shape index (κ1) is 10.1. The molecule has 15 heavy (non-hydrogen) atoms. The average molecular weight is 201 g/mol. The summed E-state index contributed by atoms with van der Waals surface area (Å²) in [5.74, 6) is 7.88. The second-order valence-corrected chi connectivity index (χ2v) is 3.71. The van der Waals surface area contributed by atoms with Crippen LogP contribution in [0.15, 0.2) is 24.3 Å². The van der Waals surface area contributed by atoms with Crippen LogP contribution < -0.4 is 10.5 Å². The molecule has 1 aliphatic rings. The van der Waals surface area contributed by atoms with Crippen LogP contribution in [0.1, 0.15) is 18.4 Å². The highest BCUT2D eigenvalue weighted by molar-refractivity contribution is 5.40. The van der Waals surface area contributed by atoms with Crippen molar-refractivity contribution in [3.63, 3.8) is 0 Å². The first-order valence-corrected chi connectivity index (χ1v) is 5.33. The largest absolute Gasteiger partial charge is 0.492 e. The van der Waals surface area contributed by atoms with Crippen molar-refractivity contribution in [2.45, 2.75) is 12.8 Å². The molecule has 1 aliphatic carbocycles. The molecule has 1 fully saturated rings. The highest BCUT2D eigenvalue weighted by atomic mass is 16.5. The summed E-state index contributed by atoms with van der Waals surface area (Å²) in [6.07, 6.45) is 2.52. The molecule has 1 saturated carbocycles. The third kappa shape index (κ3) is 3.30. The smallest absolute Gasteiger partial charge is 0.120 e. The van der Waals surface area contributed by atoms with Gasteiger partial charge in [-0.15, -0.1) is 0 Å². The summed E-state index contributed by atoms with van der Waals surface area (Å²) in [6.45, 7) is 1.09. The van der Waals surface area contributed by atoms with Gasteiger partial charge in [-0.2, -0.15) is 0 Å². The first-order chi connectivity index (χ1) is 7.38. The molecule has 0 unspecified atom stereocenters. The maximum Gasteiger partial charge on any atom is 0.120 e. The highest BCUT2D eigenvalue weighted by Crippen LogP contribution is 2.27. The zero-order valence-electron chi connectivity index (χ0n) is 8.70. The predicted molar refractivity (Wildman–Crippen MR) is 60.6 cm³/mol. The maximum atomic E-state index is 5.43. The van der Waals surface area contributed by atoms with Gasteiger partial charge in [0.1, 0.15) is 12.4 Å². The minimum Gasteiger partial charge on any atom is -0.492 e. The summed E-state index contributed by atoms with van der Waals surface area (Å²) in [5.41, 5.74) is 6.39. The molecule has 2 heteroatoms. The van der Waals surface area contributed by atoms with Gasteiger partial charge in [0.2, 0.25) is 0 Å². The van der Waals surface area contributed by atoms with Crippen LogP contribution >= 0.6 is 0 Å². The van der Waals surface area contributed by atoms with Gasteiger partial charge < -0.3 is 10.5 Å². The first-order valence-electron chi connectivity index (χ1n) is 5.33. The van der Waals surface area contributed by atoms with E-state index in [4.69, 9.17) is 10.5 Å². The number of nitrogens with two attached hydrogens (primary N) is 1. The lowest BCUT2D eigenvalue weighted by molar-refractivity contribution is 0.328. The van der Waals surface area contributed by atoms with Crippen molar-refractivity contribution in [3.8, 4) is 17.6 Å². The summed E-state index contributed by atoms with van der Waals surface area (Å²) in [5, 5.41) is 0. The fourth-order valence-corrected chi connectivity index (χ4v) is 1.25. The number of hydrogen-bond donors (Lipinski definition) is 1. The van der Waals surface area contributed by atoms with Crippen molar-refractivity contribution < 1.29 is 4.74 Å². The van der Waals surface area contributed by atoms with E-state index in [1.54, 1.807) is 0 Å². The molecule has 78 valence electrons. The van der Waals surface area contributed by atoms with Crippen LogP contribution in [-0.2, 0) is 0 Å². The van der Waals surface area contributed by atoms with Crippen LogP contribution in [-0.4, -0.2) is 13.2 Å². The Morgan fingerprint density at radius 2 is 2.27 bits per heavy atom. The normalized spacial score (nSPS) is 14.2. The molecule has 0 spiro atoms. The Labute approximate surface area is 90.4 Å². The van der Waals surface area contributed by atoms with Crippen molar-refractivity contribution >= 4 is 0 Å². The zero-order chi connectivity index (χ0) is 10.5. The summed E-state index contributed by atoms with van der Waals surface area (Å²) < 4.78 is 5.43. The molecule has 2 N–H and O–H groups in total. The Hall–Kier alpha value is -1.46. The molecule has 0 aliphatic heterocycles. The summed E-state index contributed by atoms with van der Waals surface area (Å²) in [6, 6.07) is 7.86. The molecule has 0 aromatic heterocycles. The SMILES string of the molecule is NCCOc1cccc(C#CC2CC2)c1. The van der Waals surface area contributed by atoms with Crippen molar-refractivity contribution in [1.82, 2.24) is 0 Å². The Balaban J connectivity index is 2.01. The quantitative estimate of drug-likeness (QED) is 0.757.